The summed E-state index contributed by atoms with van der Waals surface area (Å²) in [6.07, 6.45) is 5.91. The van der Waals surface area contributed by atoms with Crippen LogP contribution in [0, 0.1) is 5.92 Å². The molecule has 174 valence electrons. The fraction of sp³-hybridized carbons (Fsp3) is 0.269. The Morgan fingerprint density at radius 3 is 2.50 bits per heavy atom. The summed E-state index contributed by atoms with van der Waals surface area (Å²) in [5.74, 6) is 1.11. The first-order chi connectivity index (χ1) is 16.4. The van der Waals surface area contributed by atoms with Gasteiger partial charge in [-0.15, -0.1) is 0 Å². The number of halogens is 2. The predicted molar refractivity (Wildman–Crippen MR) is 138 cm³/mol. The Balaban J connectivity index is 1.56. The van der Waals surface area contributed by atoms with Gasteiger partial charge in [-0.05, 0) is 43.0 Å². The number of imidazole rings is 1. The summed E-state index contributed by atoms with van der Waals surface area (Å²) >= 11 is 12.4. The highest BCUT2D eigenvalue weighted by Crippen LogP contribution is 2.31. The molecule has 0 unspecified atom stereocenters. The molecule has 0 radical (unpaired) electrons. The lowest BCUT2D eigenvalue weighted by Crippen LogP contribution is -2.25. The molecule has 2 N–H and O–H groups in total. The van der Waals surface area contributed by atoms with Crippen molar-refractivity contribution in [1.82, 2.24) is 19.7 Å². The first kappa shape index (κ1) is 22.7. The molecular formula is C26H25Cl2N5O. The second-order valence-corrected chi connectivity index (χ2v) is 9.85. The maximum Gasteiger partial charge on any atom is 0.251 e. The third kappa shape index (κ3) is 4.74. The molecule has 0 spiro atoms. The lowest BCUT2D eigenvalue weighted by atomic mass is 10.1. The van der Waals surface area contributed by atoms with Crippen LogP contribution in [0.4, 0.5) is 5.82 Å². The maximum atomic E-state index is 12.4. The summed E-state index contributed by atoms with van der Waals surface area (Å²) in [5.41, 5.74) is 4.85. The molecule has 34 heavy (non-hydrogen) atoms. The van der Waals surface area contributed by atoms with E-state index in [1.807, 2.05) is 53.2 Å². The Hall–Kier alpha value is -3.09. The molecule has 2 aromatic carbocycles. The molecule has 1 aliphatic rings. The maximum absolute atomic E-state index is 12.4. The molecule has 2 aromatic heterocycles. The number of fused-ring (bicyclic) bond motifs is 1. The molecule has 1 aliphatic carbocycles. The zero-order valence-corrected chi connectivity index (χ0v) is 20.5. The lowest BCUT2D eigenvalue weighted by Gasteiger charge is -2.13. The largest absolute Gasteiger partial charge is 0.367 e. The molecule has 0 aliphatic heterocycles. The number of carbonyl (C=O) groups is 1. The van der Waals surface area contributed by atoms with Crippen LogP contribution in [-0.2, 0) is 0 Å². The van der Waals surface area contributed by atoms with Crippen molar-refractivity contribution >= 4 is 40.6 Å². The molecule has 8 heteroatoms. The Morgan fingerprint density at radius 1 is 1.09 bits per heavy atom. The van der Waals surface area contributed by atoms with Crippen molar-refractivity contribution in [2.75, 3.05) is 11.9 Å². The monoisotopic (exact) mass is 493 g/mol. The van der Waals surface area contributed by atoms with Crippen molar-refractivity contribution < 1.29 is 4.79 Å². The molecule has 1 amide bonds. The minimum atomic E-state index is -0.0292. The van der Waals surface area contributed by atoms with E-state index in [1.165, 1.54) is 0 Å². The van der Waals surface area contributed by atoms with E-state index in [1.54, 1.807) is 6.07 Å². The van der Waals surface area contributed by atoms with Gasteiger partial charge in [-0.1, -0.05) is 55.2 Å². The van der Waals surface area contributed by atoms with Gasteiger partial charge in [0.05, 0.1) is 27.6 Å². The smallest absolute Gasteiger partial charge is 0.251 e. The molecule has 6 nitrogen and oxygen atoms in total. The number of anilines is 1. The summed E-state index contributed by atoms with van der Waals surface area (Å²) in [6.45, 7) is 5.05. The summed E-state index contributed by atoms with van der Waals surface area (Å²) < 4.78 is 2.02. The number of amides is 1. The predicted octanol–water partition coefficient (Wildman–Crippen LogP) is 6.33. The molecule has 1 saturated carbocycles. The number of benzene rings is 2. The highest BCUT2D eigenvalue weighted by atomic mass is 35.5. The minimum Gasteiger partial charge on any atom is -0.367 e. The van der Waals surface area contributed by atoms with Crippen LogP contribution in [0.15, 0.2) is 54.9 Å². The highest BCUT2D eigenvalue weighted by molar-refractivity contribution is 6.42. The van der Waals surface area contributed by atoms with Crippen LogP contribution in [0.25, 0.3) is 28.2 Å². The number of hydrogen-bond donors (Lipinski definition) is 2. The van der Waals surface area contributed by atoms with Gasteiger partial charge in [-0.25, -0.2) is 9.97 Å². The van der Waals surface area contributed by atoms with Crippen molar-refractivity contribution in [2.45, 2.75) is 32.7 Å². The van der Waals surface area contributed by atoms with Gasteiger partial charge in [0.15, 0.2) is 11.5 Å². The summed E-state index contributed by atoms with van der Waals surface area (Å²) in [7, 11) is 0. The number of aromatic nitrogens is 3. The van der Waals surface area contributed by atoms with Crippen LogP contribution < -0.4 is 10.6 Å². The number of carbonyl (C=O) groups excluding carboxylic acids is 1. The highest BCUT2D eigenvalue weighted by Gasteiger charge is 2.23. The van der Waals surface area contributed by atoms with Crippen molar-refractivity contribution in [2.24, 2.45) is 5.92 Å². The molecule has 5 rings (SSSR count). The average Bonchev–Trinajstić information content (AvgIpc) is 3.54. The van der Waals surface area contributed by atoms with Crippen LogP contribution in [0.2, 0.25) is 10.0 Å². The van der Waals surface area contributed by atoms with E-state index in [9.17, 15) is 4.79 Å². The molecule has 0 saturated heterocycles. The Morgan fingerprint density at radius 2 is 1.82 bits per heavy atom. The van der Waals surface area contributed by atoms with Crippen LogP contribution in [0.1, 0.15) is 37.0 Å². The third-order valence-corrected chi connectivity index (χ3v) is 6.48. The summed E-state index contributed by atoms with van der Waals surface area (Å²) in [5, 5.41) is 7.43. The SMILES string of the molecule is CC(C)CNc1nc(-c2ccc(Cl)c(Cl)c2)cn2c(-c3ccc(C(=O)NC4CC4)cc3)cnc12. The molecule has 1 fully saturated rings. The summed E-state index contributed by atoms with van der Waals surface area (Å²) in [6, 6.07) is 13.4. The van der Waals surface area contributed by atoms with Gasteiger partial charge >= 0.3 is 0 Å². The summed E-state index contributed by atoms with van der Waals surface area (Å²) in [4.78, 5) is 21.9. The van der Waals surface area contributed by atoms with Gasteiger partial charge in [-0.2, -0.15) is 0 Å². The second-order valence-electron chi connectivity index (χ2n) is 9.04. The number of nitrogens with zero attached hydrogens (tertiary/aromatic N) is 3. The van der Waals surface area contributed by atoms with E-state index < -0.39 is 0 Å². The van der Waals surface area contributed by atoms with E-state index in [4.69, 9.17) is 28.2 Å². The van der Waals surface area contributed by atoms with Gasteiger partial charge in [0.25, 0.3) is 5.91 Å². The van der Waals surface area contributed by atoms with Crippen LogP contribution >= 0.6 is 23.2 Å². The van der Waals surface area contributed by atoms with Crippen molar-refractivity contribution in [3.8, 4) is 22.5 Å². The molecule has 0 bridgehead atoms. The minimum absolute atomic E-state index is 0.0292. The normalized spacial score (nSPS) is 13.4. The van der Waals surface area contributed by atoms with Crippen LogP contribution in [0.5, 0.6) is 0 Å². The number of hydrogen-bond acceptors (Lipinski definition) is 4. The van der Waals surface area contributed by atoms with Gasteiger partial charge in [-0.3, -0.25) is 9.20 Å². The van der Waals surface area contributed by atoms with E-state index in [-0.39, 0.29) is 5.91 Å². The molecule has 2 heterocycles. The first-order valence-corrected chi connectivity index (χ1v) is 12.1. The van der Waals surface area contributed by atoms with Gasteiger partial charge in [0.2, 0.25) is 0 Å². The fourth-order valence-corrected chi connectivity index (χ4v) is 4.00. The quantitative estimate of drug-likeness (QED) is 0.315. The zero-order valence-electron chi connectivity index (χ0n) is 19.0. The Kier molecular flexibility index (Phi) is 6.19. The van der Waals surface area contributed by atoms with E-state index in [0.717, 1.165) is 47.5 Å². The van der Waals surface area contributed by atoms with Crippen LogP contribution in [0.3, 0.4) is 0 Å². The van der Waals surface area contributed by atoms with Crippen molar-refractivity contribution in [3.05, 3.63) is 70.5 Å². The third-order valence-electron chi connectivity index (χ3n) is 5.74. The van der Waals surface area contributed by atoms with E-state index in [2.05, 4.69) is 29.5 Å². The fourth-order valence-electron chi connectivity index (χ4n) is 3.70. The Bertz CT molecular complexity index is 1360. The molecular weight excluding hydrogens is 469 g/mol. The zero-order chi connectivity index (χ0) is 23.8. The molecule has 0 atom stereocenters. The second kappa shape index (κ2) is 9.28. The van der Waals surface area contributed by atoms with E-state index >= 15 is 0 Å². The number of rotatable bonds is 7. The van der Waals surface area contributed by atoms with Crippen LogP contribution in [-0.4, -0.2) is 32.9 Å². The van der Waals surface area contributed by atoms with Gasteiger partial charge in [0.1, 0.15) is 0 Å². The number of nitrogens with one attached hydrogen (secondary N) is 2. The van der Waals surface area contributed by atoms with Crippen molar-refractivity contribution in [3.63, 3.8) is 0 Å². The topological polar surface area (TPSA) is 71.3 Å². The van der Waals surface area contributed by atoms with Gasteiger partial charge < -0.3 is 10.6 Å². The van der Waals surface area contributed by atoms with Crippen molar-refractivity contribution in [1.29, 1.82) is 0 Å². The first-order valence-electron chi connectivity index (χ1n) is 11.4. The Labute approximate surface area is 208 Å². The average molecular weight is 494 g/mol. The van der Waals surface area contributed by atoms with Gasteiger partial charge in [0, 0.05) is 35.5 Å². The molecule has 4 aromatic rings. The van der Waals surface area contributed by atoms with E-state index in [0.29, 0.717) is 33.4 Å². The lowest BCUT2D eigenvalue weighted by molar-refractivity contribution is 0.0951. The standard InChI is InChI=1S/C26H25Cl2N5O/c1-15(2)12-29-24-25-30-13-23(16-3-5-17(6-4-16)26(34)31-19-8-9-19)33(25)14-22(32-24)18-7-10-20(27)21(28)11-18/h3-7,10-11,13-15,19H,8-9,12H2,1-2H3,(H,29,32)(H,31,34).